The molecule has 0 bridgehead atoms. The Labute approximate surface area is 166 Å². The maximum absolute atomic E-state index is 12.7. The lowest BCUT2D eigenvalue weighted by atomic mass is 10.0. The molecule has 1 aliphatic heterocycles. The van der Waals surface area contributed by atoms with Crippen LogP contribution in [0.5, 0.6) is 5.75 Å². The van der Waals surface area contributed by atoms with Crippen LogP contribution in [0.15, 0.2) is 46.8 Å². The molecule has 1 amide bonds. The number of thiazole rings is 1. The summed E-state index contributed by atoms with van der Waals surface area (Å²) >= 11 is 1.36. The van der Waals surface area contributed by atoms with E-state index in [1.54, 1.807) is 18.7 Å². The fourth-order valence-electron chi connectivity index (χ4n) is 3.60. The molecule has 3 aromatic rings. The van der Waals surface area contributed by atoms with E-state index in [9.17, 15) is 9.59 Å². The molecule has 8 heteroatoms. The zero-order valence-electron chi connectivity index (χ0n) is 15.6. The van der Waals surface area contributed by atoms with Crippen molar-refractivity contribution in [3.63, 3.8) is 0 Å². The number of hydrogen-bond donors (Lipinski definition) is 1. The van der Waals surface area contributed by atoms with E-state index in [4.69, 9.17) is 4.74 Å². The van der Waals surface area contributed by atoms with Gasteiger partial charge in [-0.15, -0.1) is 11.3 Å². The van der Waals surface area contributed by atoms with Gasteiger partial charge in [0.05, 0.1) is 13.2 Å². The maximum atomic E-state index is 12.7. The van der Waals surface area contributed by atoms with Crippen LogP contribution < -0.4 is 15.6 Å². The molecule has 3 heterocycles. The molecule has 0 radical (unpaired) electrons. The van der Waals surface area contributed by atoms with Crippen LogP contribution in [-0.2, 0) is 0 Å². The molecule has 146 valence electrons. The van der Waals surface area contributed by atoms with E-state index < -0.39 is 5.91 Å². The fourth-order valence-corrected chi connectivity index (χ4v) is 4.28. The van der Waals surface area contributed by atoms with E-state index >= 15 is 0 Å². The van der Waals surface area contributed by atoms with Gasteiger partial charge in [-0.25, -0.2) is 4.98 Å². The van der Waals surface area contributed by atoms with Crippen molar-refractivity contribution >= 4 is 22.2 Å². The molecule has 0 saturated carbocycles. The minimum absolute atomic E-state index is 0.0537. The molecule has 0 spiro atoms. The zero-order chi connectivity index (χ0) is 19.5. The number of hydrogen-bond acceptors (Lipinski definition) is 6. The Morgan fingerprint density at radius 2 is 2.04 bits per heavy atom. The number of nitrogens with one attached hydrogen (secondary N) is 1. The number of carbonyl (C=O) groups is 1. The van der Waals surface area contributed by atoms with Crippen LogP contribution in [0.25, 0.3) is 4.96 Å². The number of rotatable bonds is 6. The van der Waals surface area contributed by atoms with Crippen LogP contribution in [0.2, 0.25) is 0 Å². The fraction of sp³-hybridized carbons (Fsp3) is 0.350. The Morgan fingerprint density at radius 1 is 1.29 bits per heavy atom. The Morgan fingerprint density at radius 3 is 2.75 bits per heavy atom. The van der Waals surface area contributed by atoms with Gasteiger partial charge in [-0.05, 0) is 43.6 Å². The van der Waals surface area contributed by atoms with Crippen molar-refractivity contribution in [3.05, 3.63) is 63.5 Å². The van der Waals surface area contributed by atoms with Crippen LogP contribution in [0.3, 0.4) is 0 Å². The van der Waals surface area contributed by atoms with E-state index in [1.807, 2.05) is 24.3 Å². The minimum Gasteiger partial charge on any atom is -0.497 e. The van der Waals surface area contributed by atoms with E-state index in [1.165, 1.54) is 21.9 Å². The van der Waals surface area contributed by atoms with Gasteiger partial charge in [-0.2, -0.15) is 0 Å². The van der Waals surface area contributed by atoms with Crippen molar-refractivity contribution in [2.75, 3.05) is 26.7 Å². The highest BCUT2D eigenvalue weighted by Gasteiger charge is 2.25. The van der Waals surface area contributed by atoms with Crippen LogP contribution in [0.4, 0.5) is 0 Å². The van der Waals surface area contributed by atoms with Crippen LogP contribution in [0, 0.1) is 0 Å². The van der Waals surface area contributed by atoms with Gasteiger partial charge in [0.1, 0.15) is 11.3 Å². The molecule has 0 aliphatic carbocycles. The van der Waals surface area contributed by atoms with Gasteiger partial charge in [0.15, 0.2) is 4.96 Å². The smallest absolute Gasteiger partial charge is 0.271 e. The second-order valence-corrected chi connectivity index (χ2v) is 7.65. The molecule has 1 aliphatic rings. The number of aromatic nitrogens is 2. The average molecular weight is 398 g/mol. The molecule has 7 nitrogen and oxygen atoms in total. The molecular formula is C20H22N4O3S. The quantitative estimate of drug-likeness (QED) is 0.690. The molecule has 1 saturated heterocycles. The van der Waals surface area contributed by atoms with Gasteiger partial charge in [-0.1, -0.05) is 12.1 Å². The van der Waals surface area contributed by atoms with Gasteiger partial charge < -0.3 is 10.1 Å². The standard InChI is InChI=1S/C20H22N4O3S/c1-27-15-6-4-14(5-7-15)17(23-8-2-3-9-23)13-21-18(25)16-12-22-20-24(19(16)26)10-11-28-20/h4-7,10-12,17H,2-3,8-9,13H2,1H3,(H,21,25). The molecule has 1 aromatic carbocycles. The second-order valence-electron chi connectivity index (χ2n) is 6.77. The minimum atomic E-state index is -0.393. The Balaban J connectivity index is 1.53. The highest BCUT2D eigenvalue weighted by Crippen LogP contribution is 2.26. The lowest BCUT2D eigenvalue weighted by Gasteiger charge is -2.28. The number of benzene rings is 1. The van der Waals surface area contributed by atoms with Gasteiger partial charge >= 0.3 is 0 Å². The molecule has 1 atom stereocenters. The van der Waals surface area contributed by atoms with E-state index in [2.05, 4.69) is 15.2 Å². The highest BCUT2D eigenvalue weighted by atomic mass is 32.1. The number of fused-ring (bicyclic) bond motifs is 1. The molecule has 1 fully saturated rings. The summed E-state index contributed by atoms with van der Waals surface area (Å²) in [7, 11) is 1.64. The summed E-state index contributed by atoms with van der Waals surface area (Å²) in [5, 5.41) is 4.72. The topological polar surface area (TPSA) is 75.9 Å². The number of methoxy groups -OCH3 is 1. The summed E-state index contributed by atoms with van der Waals surface area (Å²) < 4.78 is 6.65. The summed E-state index contributed by atoms with van der Waals surface area (Å²) in [5.74, 6) is 0.409. The summed E-state index contributed by atoms with van der Waals surface area (Å²) in [5.41, 5.74) is 0.836. The summed E-state index contributed by atoms with van der Waals surface area (Å²) in [6.07, 6.45) is 5.31. The molecule has 4 rings (SSSR count). The molecule has 2 aromatic heterocycles. The zero-order valence-corrected chi connectivity index (χ0v) is 16.4. The number of ether oxygens (including phenoxy) is 1. The first-order valence-corrected chi connectivity index (χ1v) is 10.2. The van der Waals surface area contributed by atoms with Crippen LogP contribution in [-0.4, -0.2) is 46.9 Å². The van der Waals surface area contributed by atoms with Crippen molar-refractivity contribution in [1.82, 2.24) is 19.6 Å². The van der Waals surface area contributed by atoms with Crippen molar-refractivity contribution in [1.29, 1.82) is 0 Å². The first-order chi connectivity index (χ1) is 13.7. The van der Waals surface area contributed by atoms with Gasteiger partial charge in [0, 0.05) is 24.3 Å². The van der Waals surface area contributed by atoms with Crippen LogP contribution in [0.1, 0.15) is 34.8 Å². The third-order valence-corrected chi connectivity index (χ3v) is 5.90. The number of likely N-dealkylation sites (tertiary alicyclic amines) is 1. The summed E-state index contributed by atoms with van der Waals surface area (Å²) in [4.78, 5) is 32.3. The van der Waals surface area contributed by atoms with Gasteiger partial charge in [0.2, 0.25) is 0 Å². The predicted molar refractivity (Wildman–Crippen MR) is 108 cm³/mol. The Bertz CT molecular complexity index is 1020. The van der Waals surface area contributed by atoms with Crippen molar-refractivity contribution in [3.8, 4) is 5.75 Å². The normalized spacial score (nSPS) is 15.6. The van der Waals surface area contributed by atoms with Gasteiger partial charge in [0.25, 0.3) is 11.5 Å². The first-order valence-electron chi connectivity index (χ1n) is 9.28. The van der Waals surface area contributed by atoms with Crippen LogP contribution >= 0.6 is 11.3 Å². The van der Waals surface area contributed by atoms with Crippen molar-refractivity contribution < 1.29 is 9.53 Å². The lowest BCUT2D eigenvalue weighted by Crippen LogP contribution is -2.38. The number of nitrogens with zero attached hydrogens (tertiary/aromatic N) is 3. The summed E-state index contributed by atoms with van der Waals surface area (Å²) in [6, 6.07) is 7.98. The molecular weight excluding hydrogens is 376 g/mol. The average Bonchev–Trinajstić information content (AvgIpc) is 3.41. The molecule has 1 unspecified atom stereocenters. The monoisotopic (exact) mass is 398 g/mol. The number of carbonyl (C=O) groups excluding carboxylic acids is 1. The highest BCUT2D eigenvalue weighted by molar-refractivity contribution is 7.15. The largest absolute Gasteiger partial charge is 0.497 e. The first kappa shape index (κ1) is 18.6. The Hall–Kier alpha value is -2.71. The third-order valence-electron chi connectivity index (χ3n) is 5.13. The molecule has 28 heavy (non-hydrogen) atoms. The SMILES string of the molecule is COc1ccc(C(CNC(=O)c2cnc3sccn3c2=O)N2CCCC2)cc1. The van der Waals surface area contributed by atoms with Crippen molar-refractivity contribution in [2.24, 2.45) is 0 Å². The predicted octanol–water partition coefficient (Wildman–Crippen LogP) is 2.33. The third kappa shape index (κ3) is 3.65. The lowest BCUT2D eigenvalue weighted by molar-refractivity contribution is 0.0936. The second kappa shape index (κ2) is 8.12. The maximum Gasteiger partial charge on any atom is 0.271 e. The van der Waals surface area contributed by atoms with E-state index in [-0.39, 0.29) is 17.2 Å². The molecule has 1 N–H and O–H groups in total. The number of amides is 1. The Kier molecular flexibility index (Phi) is 5.40. The van der Waals surface area contributed by atoms with E-state index in [0.29, 0.717) is 11.5 Å². The van der Waals surface area contributed by atoms with E-state index in [0.717, 1.165) is 37.2 Å². The summed E-state index contributed by atoms with van der Waals surface area (Å²) in [6.45, 7) is 2.42. The van der Waals surface area contributed by atoms with Gasteiger partial charge in [-0.3, -0.25) is 18.9 Å². The van der Waals surface area contributed by atoms with Crippen molar-refractivity contribution in [2.45, 2.75) is 18.9 Å².